The number of piperazine rings is 1. The van der Waals surface area contributed by atoms with Crippen LogP contribution in [0.5, 0.6) is 0 Å². The number of quaternary nitrogens is 1. The highest BCUT2D eigenvalue weighted by Crippen LogP contribution is 2.34. The van der Waals surface area contributed by atoms with E-state index in [1.165, 1.54) is 6.92 Å². The van der Waals surface area contributed by atoms with Crippen LogP contribution in [0.4, 0.5) is 18.0 Å². The number of aryl methyl sites for hydroxylation is 1. The minimum Gasteiger partial charge on any atom is -0.498 e. The fourth-order valence-electron chi connectivity index (χ4n) is 3.35. The predicted octanol–water partition coefficient (Wildman–Crippen LogP) is 1.98. The fraction of sp³-hybridized carbons (Fsp3) is 0.588. The minimum atomic E-state index is -4.66. The summed E-state index contributed by atoms with van der Waals surface area (Å²) in [5.74, 6) is 0. The zero-order valence-corrected chi connectivity index (χ0v) is 16.4. The summed E-state index contributed by atoms with van der Waals surface area (Å²) in [6, 6.07) is 2.59. The number of rotatable bonds is 2. The van der Waals surface area contributed by atoms with Crippen LogP contribution in [0, 0.1) is 6.92 Å². The number of carbonyl (C=O) groups excluding carboxylic acids is 1. The molecular weight excluding hydrogens is 385 g/mol. The normalized spacial score (nSPS) is 19.1. The smallest absolute Gasteiger partial charge is 0.416 e. The Kier molecular flexibility index (Phi) is 5.41. The molecule has 6 nitrogen and oxygen atoms in total. The first kappa shape index (κ1) is 21.6. The largest absolute Gasteiger partial charge is 0.498 e. The van der Waals surface area contributed by atoms with Gasteiger partial charge in [0.25, 0.3) is 6.09 Å². The summed E-state index contributed by atoms with van der Waals surface area (Å²) in [5.41, 5.74) is -1.55. The van der Waals surface area contributed by atoms with Crippen LogP contribution in [-0.4, -0.2) is 55.0 Å². The van der Waals surface area contributed by atoms with Gasteiger partial charge in [0.05, 0.1) is 42.2 Å². The van der Waals surface area contributed by atoms with Gasteiger partial charge in [-0.1, -0.05) is 6.07 Å². The number of nitrogens with zero attached hydrogens (tertiary/aromatic N) is 2. The lowest BCUT2D eigenvalue weighted by Gasteiger charge is -2.51. The molecule has 0 atom stereocenters. The van der Waals surface area contributed by atoms with Crippen LogP contribution in [0.3, 0.4) is 0 Å². The Bertz CT molecular complexity index is 837. The average molecular weight is 408 g/mol. The van der Waals surface area contributed by atoms with E-state index < -0.39 is 42.8 Å². The van der Waals surface area contributed by atoms with Crippen molar-refractivity contribution < 1.29 is 36.0 Å². The maximum atomic E-state index is 13.0. The van der Waals surface area contributed by atoms with E-state index in [4.69, 9.17) is 0 Å². The maximum absolute atomic E-state index is 13.0. The van der Waals surface area contributed by atoms with Crippen molar-refractivity contribution in [1.82, 2.24) is 4.31 Å². The Balaban J connectivity index is 2.37. The SMILES string of the molecule is Cc1ccc(C(F)(F)F)cc1S(=O)(=O)N1CC[N+](C(=O)[O-])(C(C)(C)C)CC1. The first-order valence-corrected chi connectivity index (χ1v) is 9.84. The van der Waals surface area contributed by atoms with Crippen molar-refractivity contribution in [1.29, 1.82) is 0 Å². The van der Waals surface area contributed by atoms with E-state index in [2.05, 4.69) is 0 Å². The molecule has 1 amide bonds. The standard InChI is InChI=1S/C17H23F3N2O4S/c1-12-5-6-13(17(18,19)20)11-14(12)27(25,26)21-7-9-22(10-8-21,15(23)24)16(2,3)4/h5-6,11H,7-10H2,1-4H3. The van der Waals surface area contributed by atoms with Gasteiger partial charge in [0, 0.05) is 0 Å². The molecule has 0 saturated carbocycles. The molecule has 2 rings (SSSR count). The number of carbonyl (C=O) groups is 1. The Morgan fingerprint density at radius 2 is 1.67 bits per heavy atom. The number of carboxylic acid groups (broad SMARTS) is 1. The van der Waals surface area contributed by atoms with E-state index in [9.17, 15) is 31.5 Å². The van der Waals surface area contributed by atoms with E-state index in [0.717, 1.165) is 16.4 Å². The molecule has 0 bridgehead atoms. The van der Waals surface area contributed by atoms with Crippen molar-refractivity contribution in [3.05, 3.63) is 29.3 Å². The molecule has 0 unspecified atom stereocenters. The molecule has 0 aliphatic carbocycles. The van der Waals surface area contributed by atoms with Gasteiger partial charge >= 0.3 is 6.18 Å². The van der Waals surface area contributed by atoms with E-state index >= 15 is 0 Å². The fourth-order valence-corrected chi connectivity index (χ4v) is 5.02. The molecule has 1 heterocycles. The van der Waals surface area contributed by atoms with Crippen LogP contribution in [0.2, 0.25) is 0 Å². The summed E-state index contributed by atoms with van der Waals surface area (Å²) in [5, 5.41) is 11.7. The maximum Gasteiger partial charge on any atom is 0.416 e. The number of hydrogen-bond acceptors (Lipinski definition) is 4. The summed E-state index contributed by atoms with van der Waals surface area (Å²) in [6.45, 7) is 6.31. The Labute approximate surface area is 156 Å². The second kappa shape index (κ2) is 6.75. The first-order valence-electron chi connectivity index (χ1n) is 8.40. The van der Waals surface area contributed by atoms with Crippen LogP contribution in [0.15, 0.2) is 23.1 Å². The molecule has 1 aliphatic rings. The summed E-state index contributed by atoms with van der Waals surface area (Å²) < 4.78 is 65.3. The lowest BCUT2D eigenvalue weighted by Crippen LogP contribution is -2.73. The average Bonchev–Trinajstić information content (AvgIpc) is 2.52. The topological polar surface area (TPSA) is 77.5 Å². The van der Waals surface area contributed by atoms with Crippen LogP contribution in [0.1, 0.15) is 31.9 Å². The Morgan fingerprint density at radius 1 is 1.15 bits per heavy atom. The third-order valence-corrected chi connectivity index (χ3v) is 7.27. The van der Waals surface area contributed by atoms with Crippen LogP contribution >= 0.6 is 0 Å². The second-order valence-electron chi connectivity index (χ2n) is 7.73. The van der Waals surface area contributed by atoms with Gasteiger partial charge < -0.3 is 9.90 Å². The zero-order valence-electron chi connectivity index (χ0n) is 15.6. The molecule has 1 aromatic carbocycles. The first-order chi connectivity index (χ1) is 12.1. The van der Waals surface area contributed by atoms with Crippen molar-refractivity contribution >= 4 is 16.1 Å². The zero-order chi connectivity index (χ0) is 20.8. The molecule has 10 heteroatoms. The number of halogens is 3. The number of amides is 1. The van der Waals surface area contributed by atoms with E-state index in [0.29, 0.717) is 6.07 Å². The molecule has 1 aliphatic heterocycles. The predicted molar refractivity (Wildman–Crippen MR) is 90.1 cm³/mol. The minimum absolute atomic E-state index is 0.0247. The second-order valence-corrected chi connectivity index (χ2v) is 9.64. The van der Waals surface area contributed by atoms with Crippen molar-refractivity contribution in [2.75, 3.05) is 26.2 Å². The molecule has 0 spiro atoms. The molecule has 0 N–H and O–H groups in total. The van der Waals surface area contributed by atoms with Crippen molar-refractivity contribution in [2.45, 2.75) is 44.3 Å². The highest BCUT2D eigenvalue weighted by Gasteiger charge is 2.47. The molecule has 0 aromatic heterocycles. The Morgan fingerprint density at radius 3 is 2.07 bits per heavy atom. The van der Waals surface area contributed by atoms with Gasteiger partial charge in [-0.05, 0) is 45.4 Å². The summed E-state index contributed by atoms with van der Waals surface area (Å²) in [7, 11) is -4.19. The Hall–Kier alpha value is -1.65. The summed E-state index contributed by atoms with van der Waals surface area (Å²) >= 11 is 0. The molecule has 27 heavy (non-hydrogen) atoms. The van der Waals surface area contributed by atoms with Gasteiger partial charge in [-0.15, -0.1) is 0 Å². The van der Waals surface area contributed by atoms with Gasteiger partial charge in [0.15, 0.2) is 0 Å². The lowest BCUT2D eigenvalue weighted by molar-refractivity contribution is -0.922. The van der Waals surface area contributed by atoms with Gasteiger partial charge in [0.1, 0.15) is 0 Å². The summed E-state index contributed by atoms with van der Waals surface area (Å²) in [4.78, 5) is 11.3. The third-order valence-electron chi connectivity index (χ3n) is 5.23. The van der Waals surface area contributed by atoms with Gasteiger partial charge in [-0.25, -0.2) is 8.42 Å². The van der Waals surface area contributed by atoms with E-state index in [-0.39, 0.29) is 31.7 Å². The molecular formula is C17H23F3N2O4S. The van der Waals surface area contributed by atoms with E-state index in [1.54, 1.807) is 20.8 Å². The molecule has 152 valence electrons. The van der Waals surface area contributed by atoms with E-state index in [1.807, 2.05) is 0 Å². The molecule has 1 aromatic rings. The van der Waals surface area contributed by atoms with Crippen LogP contribution < -0.4 is 5.11 Å². The highest BCUT2D eigenvalue weighted by molar-refractivity contribution is 7.89. The number of hydrogen-bond donors (Lipinski definition) is 0. The lowest BCUT2D eigenvalue weighted by atomic mass is 10.0. The molecule has 0 radical (unpaired) electrons. The molecule has 1 fully saturated rings. The van der Waals surface area contributed by atoms with Gasteiger partial charge in [-0.2, -0.15) is 17.5 Å². The van der Waals surface area contributed by atoms with Crippen LogP contribution in [-0.2, 0) is 16.2 Å². The monoisotopic (exact) mass is 408 g/mol. The van der Waals surface area contributed by atoms with Crippen molar-refractivity contribution in [3.63, 3.8) is 0 Å². The quantitative estimate of drug-likeness (QED) is 0.701. The van der Waals surface area contributed by atoms with Crippen LogP contribution in [0.25, 0.3) is 0 Å². The third kappa shape index (κ3) is 3.83. The number of sulfonamides is 1. The number of alkyl halides is 3. The number of benzene rings is 1. The molecule has 1 saturated heterocycles. The van der Waals surface area contributed by atoms with Gasteiger partial charge in [0.2, 0.25) is 10.0 Å². The summed E-state index contributed by atoms with van der Waals surface area (Å²) in [6.07, 6.45) is -5.96. The van der Waals surface area contributed by atoms with Crippen molar-refractivity contribution in [2.24, 2.45) is 0 Å². The van der Waals surface area contributed by atoms with Crippen molar-refractivity contribution in [3.8, 4) is 0 Å². The highest BCUT2D eigenvalue weighted by atomic mass is 32.2. The van der Waals surface area contributed by atoms with Gasteiger partial charge in [-0.3, -0.25) is 4.48 Å².